The van der Waals surface area contributed by atoms with Crippen LogP contribution in [0.2, 0.25) is 0 Å². The Balaban J connectivity index is 1.85. The molecule has 0 atom stereocenters. The van der Waals surface area contributed by atoms with Gasteiger partial charge in [0.05, 0.1) is 12.1 Å². The predicted octanol–water partition coefficient (Wildman–Crippen LogP) is 4.56. The van der Waals surface area contributed by atoms with Crippen molar-refractivity contribution >= 4 is 11.6 Å². The average Bonchev–Trinajstić information content (AvgIpc) is 3.01. The Morgan fingerprint density at radius 2 is 1.79 bits per heavy atom. The average molecular weight is 379 g/mol. The Labute approximate surface area is 167 Å². The third-order valence-corrected chi connectivity index (χ3v) is 5.25. The molecule has 0 spiro atoms. The molecular formula is C23H30N4O. The van der Waals surface area contributed by atoms with Gasteiger partial charge in [-0.15, -0.1) is 0 Å². The van der Waals surface area contributed by atoms with E-state index in [1.54, 1.807) is 0 Å². The first-order valence-corrected chi connectivity index (χ1v) is 10.2. The Bertz CT molecular complexity index is 960. The lowest BCUT2D eigenvalue weighted by Gasteiger charge is -2.12. The standard InChI is InChI=1S/C23H30N4O/c1-5-6-7-11-14-24-21(28)15-20-16(2)25-23-22(19-12-9-8-10-13-19)17(3)26-27(23)18(20)4/h8-10,12-13H,5-7,11,14-15H2,1-4H3,(H,24,28). The maximum Gasteiger partial charge on any atom is 0.224 e. The molecule has 0 saturated heterocycles. The quantitative estimate of drug-likeness (QED) is 0.585. The van der Waals surface area contributed by atoms with Gasteiger partial charge >= 0.3 is 0 Å². The molecule has 2 aromatic heterocycles. The number of nitrogens with one attached hydrogen (secondary N) is 1. The van der Waals surface area contributed by atoms with Gasteiger partial charge in [-0.3, -0.25) is 4.79 Å². The van der Waals surface area contributed by atoms with Gasteiger partial charge in [0.2, 0.25) is 5.91 Å². The number of benzene rings is 1. The van der Waals surface area contributed by atoms with Gasteiger partial charge in [-0.05, 0) is 32.8 Å². The van der Waals surface area contributed by atoms with Crippen molar-refractivity contribution in [3.05, 3.63) is 53.0 Å². The lowest BCUT2D eigenvalue weighted by molar-refractivity contribution is -0.120. The second kappa shape index (κ2) is 9.00. The van der Waals surface area contributed by atoms with E-state index < -0.39 is 0 Å². The smallest absolute Gasteiger partial charge is 0.224 e. The number of nitrogens with zero attached hydrogens (tertiary/aromatic N) is 3. The van der Waals surface area contributed by atoms with Gasteiger partial charge in [0, 0.05) is 29.1 Å². The summed E-state index contributed by atoms with van der Waals surface area (Å²) in [5.74, 6) is 0.0519. The summed E-state index contributed by atoms with van der Waals surface area (Å²) in [7, 11) is 0. The Morgan fingerprint density at radius 1 is 1.04 bits per heavy atom. The molecule has 3 aromatic rings. The van der Waals surface area contributed by atoms with Crippen LogP contribution in [-0.2, 0) is 11.2 Å². The van der Waals surface area contributed by atoms with Crippen molar-refractivity contribution in [1.82, 2.24) is 19.9 Å². The minimum Gasteiger partial charge on any atom is -0.356 e. The highest BCUT2D eigenvalue weighted by Gasteiger charge is 2.19. The number of unbranched alkanes of at least 4 members (excludes halogenated alkanes) is 3. The summed E-state index contributed by atoms with van der Waals surface area (Å²) in [6.45, 7) is 8.94. The lowest BCUT2D eigenvalue weighted by Crippen LogP contribution is -2.27. The van der Waals surface area contributed by atoms with Crippen LogP contribution in [0, 0.1) is 20.8 Å². The summed E-state index contributed by atoms with van der Waals surface area (Å²) in [5.41, 5.74) is 6.79. The number of amides is 1. The van der Waals surface area contributed by atoms with Crippen LogP contribution in [0.15, 0.2) is 30.3 Å². The molecule has 5 heteroatoms. The fourth-order valence-electron chi connectivity index (χ4n) is 3.67. The van der Waals surface area contributed by atoms with Crippen LogP contribution in [0.25, 0.3) is 16.8 Å². The molecule has 5 nitrogen and oxygen atoms in total. The molecule has 148 valence electrons. The van der Waals surface area contributed by atoms with Crippen molar-refractivity contribution in [2.24, 2.45) is 0 Å². The molecule has 0 aliphatic heterocycles. The third-order valence-electron chi connectivity index (χ3n) is 5.25. The highest BCUT2D eigenvalue weighted by molar-refractivity contribution is 5.82. The first-order chi connectivity index (χ1) is 13.5. The molecule has 0 aliphatic carbocycles. The number of aromatic nitrogens is 3. The van der Waals surface area contributed by atoms with E-state index in [9.17, 15) is 4.79 Å². The van der Waals surface area contributed by atoms with Gasteiger partial charge in [-0.1, -0.05) is 56.5 Å². The van der Waals surface area contributed by atoms with Gasteiger partial charge in [0.1, 0.15) is 0 Å². The minimum absolute atomic E-state index is 0.0519. The molecule has 0 saturated carbocycles. The van der Waals surface area contributed by atoms with E-state index in [0.717, 1.165) is 58.8 Å². The van der Waals surface area contributed by atoms with E-state index in [-0.39, 0.29) is 5.91 Å². The van der Waals surface area contributed by atoms with Crippen LogP contribution in [0.3, 0.4) is 0 Å². The molecule has 0 unspecified atom stereocenters. The van der Waals surface area contributed by atoms with Crippen LogP contribution >= 0.6 is 0 Å². The van der Waals surface area contributed by atoms with E-state index >= 15 is 0 Å². The number of carbonyl (C=O) groups excluding carboxylic acids is 1. The van der Waals surface area contributed by atoms with Crippen LogP contribution in [0.4, 0.5) is 0 Å². The van der Waals surface area contributed by atoms with E-state index in [4.69, 9.17) is 10.1 Å². The number of hydrogen-bond donors (Lipinski definition) is 1. The van der Waals surface area contributed by atoms with Crippen molar-refractivity contribution in [1.29, 1.82) is 0 Å². The van der Waals surface area contributed by atoms with E-state index in [2.05, 4.69) is 24.4 Å². The zero-order valence-corrected chi connectivity index (χ0v) is 17.4. The monoisotopic (exact) mass is 378 g/mol. The minimum atomic E-state index is 0.0519. The highest BCUT2D eigenvalue weighted by Crippen LogP contribution is 2.29. The first kappa shape index (κ1) is 20.1. The molecule has 1 amide bonds. The summed E-state index contributed by atoms with van der Waals surface area (Å²) in [6.07, 6.45) is 4.96. The van der Waals surface area contributed by atoms with Crippen LogP contribution in [0.1, 0.15) is 55.3 Å². The molecule has 0 fully saturated rings. The molecule has 2 heterocycles. The third kappa shape index (κ3) is 4.24. The zero-order valence-electron chi connectivity index (χ0n) is 17.4. The van der Waals surface area contributed by atoms with Gasteiger partial charge in [0.15, 0.2) is 5.65 Å². The molecule has 1 aromatic carbocycles. The fourth-order valence-corrected chi connectivity index (χ4v) is 3.67. The first-order valence-electron chi connectivity index (χ1n) is 10.2. The zero-order chi connectivity index (χ0) is 20.1. The number of carbonyl (C=O) groups is 1. The Morgan fingerprint density at radius 3 is 2.50 bits per heavy atom. The van der Waals surface area contributed by atoms with Crippen molar-refractivity contribution in [2.45, 2.75) is 59.8 Å². The van der Waals surface area contributed by atoms with Crippen LogP contribution < -0.4 is 5.32 Å². The van der Waals surface area contributed by atoms with Crippen molar-refractivity contribution in [3.63, 3.8) is 0 Å². The normalized spacial score (nSPS) is 11.1. The Kier molecular flexibility index (Phi) is 6.45. The topological polar surface area (TPSA) is 59.3 Å². The highest BCUT2D eigenvalue weighted by atomic mass is 16.1. The largest absolute Gasteiger partial charge is 0.356 e. The predicted molar refractivity (Wildman–Crippen MR) is 113 cm³/mol. The van der Waals surface area contributed by atoms with E-state index in [0.29, 0.717) is 6.42 Å². The van der Waals surface area contributed by atoms with Gasteiger partial charge in [0.25, 0.3) is 0 Å². The molecule has 28 heavy (non-hydrogen) atoms. The van der Waals surface area contributed by atoms with E-state index in [1.165, 1.54) is 12.8 Å². The maximum atomic E-state index is 12.4. The second-order valence-electron chi connectivity index (χ2n) is 7.41. The lowest BCUT2D eigenvalue weighted by atomic mass is 10.1. The summed E-state index contributed by atoms with van der Waals surface area (Å²) >= 11 is 0. The van der Waals surface area contributed by atoms with Crippen molar-refractivity contribution in [3.8, 4) is 11.1 Å². The van der Waals surface area contributed by atoms with Gasteiger partial charge in [-0.2, -0.15) is 5.10 Å². The SMILES string of the molecule is CCCCCCNC(=O)Cc1c(C)nc2c(-c3ccccc3)c(C)nn2c1C. The molecule has 3 rings (SSSR count). The molecule has 0 radical (unpaired) electrons. The summed E-state index contributed by atoms with van der Waals surface area (Å²) < 4.78 is 1.88. The fraction of sp³-hybridized carbons (Fsp3) is 0.435. The molecule has 1 N–H and O–H groups in total. The van der Waals surface area contributed by atoms with Gasteiger partial charge < -0.3 is 5.32 Å². The van der Waals surface area contributed by atoms with Crippen LogP contribution in [-0.4, -0.2) is 27.0 Å². The van der Waals surface area contributed by atoms with Gasteiger partial charge in [-0.25, -0.2) is 9.50 Å². The van der Waals surface area contributed by atoms with Crippen LogP contribution in [0.5, 0.6) is 0 Å². The summed E-state index contributed by atoms with van der Waals surface area (Å²) in [5, 5.41) is 7.76. The second-order valence-corrected chi connectivity index (χ2v) is 7.41. The molecular weight excluding hydrogens is 348 g/mol. The number of aryl methyl sites for hydroxylation is 3. The molecule has 0 bridgehead atoms. The number of hydrogen-bond acceptors (Lipinski definition) is 3. The number of rotatable bonds is 8. The maximum absolute atomic E-state index is 12.4. The molecule has 0 aliphatic rings. The Hall–Kier alpha value is -2.69. The van der Waals surface area contributed by atoms with Crippen molar-refractivity contribution in [2.75, 3.05) is 6.54 Å². The van der Waals surface area contributed by atoms with E-state index in [1.807, 2.05) is 43.5 Å². The summed E-state index contributed by atoms with van der Waals surface area (Å²) in [6, 6.07) is 10.2. The number of fused-ring (bicyclic) bond motifs is 1. The summed E-state index contributed by atoms with van der Waals surface area (Å²) in [4.78, 5) is 17.2. The van der Waals surface area contributed by atoms with Crippen molar-refractivity contribution < 1.29 is 4.79 Å².